The fourth-order valence-corrected chi connectivity index (χ4v) is 5.07. The van der Waals surface area contributed by atoms with Gasteiger partial charge in [0.15, 0.2) is 0 Å². The molecule has 0 bridgehead atoms. The Balaban J connectivity index is 1.63. The van der Waals surface area contributed by atoms with Gasteiger partial charge >= 0.3 is 6.18 Å². The molecular formula is C20H20F3N3O3S. The molecule has 160 valence electrons. The Bertz CT molecular complexity index is 1160. The SMILES string of the molecule is O=S(=O)(N[C@H]1CCCC[C@H]1O)c1ccc(-c2ccnc3[nH]c(C(F)(F)F)cc23)cc1. The highest BCUT2D eigenvalue weighted by Gasteiger charge is 2.33. The third-order valence-electron chi connectivity index (χ3n) is 5.35. The summed E-state index contributed by atoms with van der Waals surface area (Å²) in [6, 6.07) is 7.93. The molecule has 2 atom stereocenters. The first-order chi connectivity index (χ1) is 14.1. The van der Waals surface area contributed by atoms with Gasteiger partial charge in [-0.1, -0.05) is 25.0 Å². The molecule has 3 N–H and O–H groups in total. The quantitative estimate of drug-likeness (QED) is 0.576. The van der Waals surface area contributed by atoms with Crippen LogP contribution in [0, 0.1) is 0 Å². The van der Waals surface area contributed by atoms with Crippen molar-refractivity contribution in [2.24, 2.45) is 0 Å². The topological polar surface area (TPSA) is 95.1 Å². The van der Waals surface area contributed by atoms with E-state index in [0.29, 0.717) is 29.4 Å². The van der Waals surface area contributed by atoms with Crippen LogP contribution in [0.1, 0.15) is 31.4 Å². The summed E-state index contributed by atoms with van der Waals surface area (Å²) in [6.07, 6.45) is -1.00. The van der Waals surface area contributed by atoms with E-state index in [1.807, 2.05) is 0 Å². The lowest BCUT2D eigenvalue weighted by molar-refractivity contribution is -0.140. The summed E-state index contributed by atoms with van der Waals surface area (Å²) in [5.41, 5.74) is 0.273. The zero-order valence-corrected chi connectivity index (χ0v) is 16.6. The molecule has 1 aliphatic rings. The molecule has 0 spiro atoms. The number of aromatic nitrogens is 2. The van der Waals surface area contributed by atoms with Crippen molar-refractivity contribution in [3.05, 3.63) is 48.3 Å². The van der Waals surface area contributed by atoms with E-state index in [4.69, 9.17) is 0 Å². The molecule has 0 aliphatic heterocycles. The van der Waals surface area contributed by atoms with E-state index in [9.17, 15) is 26.7 Å². The highest BCUT2D eigenvalue weighted by molar-refractivity contribution is 7.89. The minimum absolute atomic E-state index is 0.0272. The molecule has 10 heteroatoms. The Hall–Kier alpha value is -2.43. The van der Waals surface area contributed by atoms with Crippen molar-refractivity contribution in [1.29, 1.82) is 0 Å². The second kappa shape index (κ2) is 7.68. The van der Waals surface area contributed by atoms with E-state index in [0.717, 1.165) is 18.9 Å². The molecule has 0 amide bonds. The van der Waals surface area contributed by atoms with Crippen LogP contribution in [0.4, 0.5) is 13.2 Å². The van der Waals surface area contributed by atoms with Crippen LogP contribution in [0.15, 0.2) is 47.5 Å². The van der Waals surface area contributed by atoms with Crippen LogP contribution in [0.25, 0.3) is 22.2 Å². The van der Waals surface area contributed by atoms with E-state index >= 15 is 0 Å². The lowest BCUT2D eigenvalue weighted by Crippen LogP contribution is -2.44. The molecular weight excluding hydrogens is 419 g/mol. The molecule has 1 aromatic carbocycles. The highest BCUT2D eigenvalue weighted by Crippen LogP contribution is 2.34. The number of benzene rings is 1. The first-order valence-electron chi connectivity index (χ1n) is 9.51. The Labute approximate surface area is 171 Å². The van der Waals surface area contributed by atoms with Gasteiger partial charge < -0.3 is 10.1 Å². The van der Waals surface area contributed by atoms with Crippen molar-refractivity contribution in [2.45, 2.75) is 48.9 Å². The van der Waals surface area contributed by atoms with Gasteiger partial charge in [0.05, 0.1) is 11.0 Å². The Morgan fingerprint density at radius 2 is 1.80 bits per heavy atom. The molecule has 30 heavy (non-hydrogen) atoms. The summed E-state index contributed by atoms with van der Waals surface area (Å²) < 4.78 is 66.9. The highest BCUT2D eigenvalue weighted by atomic mass is 32.2. The Kier molecular flexibility index (Phi) is 5.33. The molecule has 1 aliphatic carbocycles. The number of H-pyrrole nitrogens is 1. The number of hydrogen-bond donors (Lipinski definition) is 3. The molecule has 1 fully saturated rings. The number of aromatic amines is 1. The Morgan fingerprint density at radius 1 is 1.10 bits per heavy atom. The fraction of sp³-hybridized carbons (Fsp3) is 0.350. The van der Waals surface area contributed by atoms with Crippen molar-refractivity contribution < 1.29 is 26.7 Å². The lowest BCUT2D eigenvalue weighted by Gasteiger charge is -2.28. The average Bonchev–Trinajstić information content (AvgIpc) is 3.15. The molecule has 3 aromatic rings. The van der Waals surface area contributed by atoms with Crippen LogP contribution in [0.3, 0.4) is 0 Å². The largest absolute Gasteiger partial charge is 0.431 e. The summed E-state index contributed by atoms with van der Waals surface area (Å²) in [6.45, 7) is 0. The van der Waals surface area contributed by atoms with Gasteiger partial charge in [-0.3, -0.25) is 0 Å². The number of hydrogen-bond acceptors (Lipinski definition) is 4. The second-order valence-corrected chi connectivity index (χ2v) is 9.12. The molecule has 6 nitrogen and oxygen atoms in total. The van der Waals surface area contributed by atoms with Gasteiger partial charge in [0.1, 0.15) is 11.3 Å². The smallest absolute Gasteiger partial charge is 0.391 e. The van der Waals surface area contributed by atoms with Crippen LogP contribution in [-0.4, -0.2) is 35.6 Å². The monoisotopic (exact) mass is 439 g/mol. The number of rotatable bonds is 4. The minimum atomic E-state index is -4.52. The summed E-state index contributed by atoms with van der Waals surface area (Å²) in [7, 11) is -3.83. The van der Waals surface area contributed by atoms with Gasteiger partial charge in [0.25, 0.3) is 0 Å². The van der Waals surface area contributed by atoms with Crippen molar-refractivity contribution in [2.75, 3.05) is 0 Å². The molecule has 0 unspecified atom stereocenters. The fourth-order valence-electron chi connectivity index (χ4n) is 3.76. The third-order valence-corrected chi connectivity index (χ3v) is 6.85. The molecule has 1 saturated carbocycles. The van der Waals surface area contributed by atoms with Gasteiger partial charge in [0.2, 0.25) is 10.0 Å². The normalized spacial score (nSPS) is 20.5. The van der Waals surface area contributed by atoms with E-state index in [1.54, 1.807) is 18.2 Å². The summed E-state index contributed by atoms with van der Waals surface area (Å²) in [5, 5.41) is 10.3. The third kappa shape index (κ3) is 4.07. The standard InChI is InChI=1S/C20H20F3N3O3S/c21-20(22,23)18-11-15-14(9-10-24-19(15)25-18)12-5-7-13(8-6-12)30(28,29)26-16-3-1-2-4-17(16)27/h5-11,16-17,26-27H,1-4H2,(H,24,25)/t16-,17+/m0/s1. The lowest BCUT2D eigenvalue weighted by atomic mass is 9.93. The number of halogens is 3. The van der Waals surface area contributed by atoms with E-state index < -0.39 is 34.0 Å². The Morgan fingerprint density at radius 3 is 2.47 bits per heavy atom. The van der Waals surface area contributed by atoms with Crippen molar-refractivity contribution in [3.63, 3.8) is 0 Å². The van der Waals surface area contributed by atoms with Crippen LogP contribution in [0.2, 0.25) is 0 Å². The van der Waals surface area contributed by atoms with Gasteiger partial charge in [-0.05, 0) is 48.2 Å². The van der Waals surface area contributed by atoms with Crippen molar-refractivity contribution >= 4 is 21.1 Å². The number of nitrogens with one attached hydrogen (secondary N) is 2. The maximum atomic E-state index is 13.0. The van der Waals surface area contributed by atoms with Gasteiger partial charge in [-0.25, -0.2) is 18.1 Å². The average molecular weight is 439 g/mol. The molecule has 4 rings (SSSR count). The molecule has 2 aromatic heterocycles. The van der Waals surface area contributed by atoms with E-state index in [2.05, 4.69) is 14.7 Å². The zero-order chi connectivity index (χ0) is 21.5. The number of pyridine rings is 1. The van der Waals surface area contributed by atoms with Crippen LogP contribution in [0.5, 0.6) is 0 Å². The van der Waals surface area contributed by atoms with Crippen LogP contribution in [-0.2, 0) is 16.2 Å². The van der Waals surface area contributed by atoms with Gasteiger partial charge in [0, 0.05) is 17.6 Å². The van der Waals surface area contributed by atoms with Crippen LogP contribution < -0.4 is 4.72 Å². The summed E-state index contributed by atoms with van der Waals surface area (Å²) in [4.78, 5) is 6.24. The maximum Gasteiger partial charge on any atom is 0.431 e. The number of fused-ring (bicyclic) bond motifs is 1. The predicted octanol–water partition coefficient (Wildman–Crippen LogP) is 3.83. The van der Waals surface area contributed by atoms with E-state index in [-0.39, 0.29) is 10.5 Å². The zero-order valence-electron chi connectivity index (χ0n) is 15.8. The van der Waals surface area contributed by atoms with E-state index in [1.165, 1.54) is 18.3 Å². The first-order valence-corrected chi connectivity index (χ1v) is 11.0. The minimum Gasteiger partial charge on any atom is -0.391 e. The number of aliphatic hydroxyl groups is 1. The number of sulfonamides is 1. The first kappa shape index (κ1) is 20.8. The molecule has 2 heterocycles. The number of alkyl halides is 3. The predicted molar refractivity (Wildman–Crippen MR) is 105 cm³/mol. The maximum absolute atomic E-state index is 13.0. The number of aliphatic hydroxyl groups excluding tert-OH is 1. The number of nitrogens with zero attached hydrogens (tertiary/aromatic N) is 1. The van der Waals surface area contributed by atoms with Crippen LogP contribution >= 0.6 is 0 Å². The molecule has 0 radical (unpaired) electrons. The van der Waals surface area contributed by atoms with Gasteiger partial charge in [-0.2, -0.15) is 13.2 Å². The van der Waals surface area contributed by atoms with Crippen molar-refractivity contribution in [3.8, 4) is 11.1 Å². The summed E-state index contributed by atoms with van der Waals surface area (Å²) >= 11 is 0. The second-order valence-electron chi connectivity index (χ2n) is 7.41. The molecule has 0 saturated heterocycles. The van der Waals surface area contributed by atoms with Gasteiger partial charge in [-0.15, -0.1) is 0 Å². The van der Waals surface area contributed by atoms with Crippen molar-refractivity contribution in [1.82, 2.24) is 14.7 Å². The summed E-state index contributed by atoms with van der Waals surface area (Å²) in [5.74, 6) is 0.